The quantitative estimate of drug-likeness (QED) is 0.717. The third-order valence-corrected chi connectivity index (χ3v) is 3.88. The Kier molecular flexibility index (Phi) is 4.79. The SMILES string of the molecule is Cc1cnc(C(CC(=O)O)c2cc(F)cc(-c3cc(F)ccc3F)c2)o1. The van der Waals surface area contributed by atoms with Crippen LogP contribution in [0.5, 0.6) is 0 Å². The zero-order valence-electron chi connectivity index (χ0n) is 13.7. The van der Waals surface area contributed by atoms with Crippen molar-refractivity contribution in [2.24, 2.45) is 0 Å². The maximum Gasteiger partial charge on any atom is 0.304 e. The van der Waals surface area contributed by atoms with Gasteiger partial charge in [0.05, 0.1) is 18.5 Å². The molecule has 0 radical (unpaired) electrons. The number of aliphatic carboxylic acids is 1. The van der Waals surface area contributed by atoms with Gasteiger partial charge < -0.3 is 9.52 Å². The van der Waals surface area contributed by atoms with E-state index in [1.165, 1.54) is 12.3 Å². The van der Waals surface area contributed by atoms with Crippen LogP contribution in [-0.4, -0.2) is 16.1 Å². The van der Waals surface area contributed by atoms with Crippen LogP contribution < -0.4 is 0 Å². The molecule has 0 fully saturated rings. The lowest BCUT2D eigenvalue weighted by atomic mass is 9.92. The maximum absolute atomic E-state index is 14.1. The van der Waals surface area contributed by atoms with E-state index in [0.29, 0.717) is 5.76 Å². The number of halogens is 3. The Balaban J connectivity index is 2.12. The molecular weight excluding hydrogens is 347 g/mol. The second-order valence-electron chi connectivity index (χ2n) is 5.86. The zero-order chi connectivity index (χ0) is 18.8. The number of hydrogen-bond donors (Lipinski definition) is 1. The summed E-state index contributed by atoms with van der Waals surface area (Å²) in [6, 6.07) is 6.46. The van der Waals surface area contributed by atoms with Gasteiger partial charge in [-0.1, -0.05) is 6.07 Å². The molecule has 3 rings (SSSR count). The van der Waals surface area contributed by atoms with E-state index in [1.54, 1.807) is 6.92 Å². The molecule has 1 heterocycles. The first-order valence-corrected chi connectivity index (χ1v) is 7.73. The largest absolute Gasteiger partial charge is 0.481 e. The number of carboxylic acid groups (broad SMARTS) is 1. The standard InChI is InChI=1S/C19H14F3NO3/c1-10-9-23-19(26-10)16(8-18(24)25)12-4-11(5-14(21)6-12)15-7-13(20)2-3-17(15)22/h2-7,9,16H,8H2,1H3,(H,24,25). The number of nitrogens with zero attached hydrogens (tertiary/aromatic N) is 1. The first-order chi connectivity index (χ1) is 12.3. The van der Waals surface area contributed by atoms with E-state index >= 15 is 0 Å². The highest BCUT2D eigenvalue weighted by Gasteiger charge is 2.24. The van der Waals surface area contributed by atoms with E-state index in [0.717, 1.165) is 30.3 Å². The Morgan fingerprint density at radius 1 is 1.15 bits per heavy atom. The van der Waals surface area contributed by atoms with Crippen molar-refractivity contribution in [3.05, 3.63) is 77.3 Å². The summed E-state index contributed by atoms with van der Waals surface area (Å²) in [6.07, 6.45) is 1.03. The smallest absolute Gasteiger partial charge is 0.304 e. The van der Waals surface area contributed by atoms with Crippen molar-refractivity contribution in [1.82, 2.24) is 4.98 Å². The average molecular weight is 361 g/mol. The minimum Gasteiger partial charge on any atom is -0.481 e. The number of rotatable bonds is 5. The van der Waals surface area contributed by atoms with Crippen LogP contribution in [0.4, 0.5) is 13.2 Å². The third kappa shape index (κ3) is 3.77. The summed E-state index contributed by atoms with van der Waals surface area (Å²) in [5.74, 6) is -3.51. The summed E-state index contributed by atoms with van der Waals surface area (Å²) < 4.78 is 47.1. The lowest BCUT2D eigenvalue weighted by molar-refractivity contribution is -0.137. The molecule has 0 amide bonds. The van der Waals surface area contributed by atoms with Crippen LogP contribution in [0.15, 0.2) is 47.0 Å². The van der Waals surface area contributed by atoms with Gasteiger partial charge >= 0.3 is 5.97 Å². The van der Waals surface area contributed by atoms with E-state index in [9.17, 15) is 23.1 Å². The monoisotopic (exact) mass is 361 g/mol. The Hall–Kier alpha value is -3.09. The van der Waals surface area contributed by atoms with Gasteiger partial charge in [0, 0.05) is 5.56 Å². The summed E-state index contributed by atoms with van der Waals surface area (Å²) in [5, 5.41) is 9.18. The topological polar surface area (TPSA) is 63.3 Å². The van der Waals surface area contributed by atoms with Crippen LogP contribution >= 0.6 is 0 Å². The number of benzene rings is 2. The van der Waals surface area contributed by atoms with Gasteiger partial charge in [-0.3, -0.25) is 4.79 Å². The van der Waals surface area contributed by atoms with Crippen molar-refractivity contribution in [1.29, 1.82) is 0 Å². The van der Waals surface area contributed by atoms with Gasteiger partial charge in [-0.15, -0.1) is 0 Å². The van der Waals surface area contributed by atoms with Crippen LogP contribution in [0.2, 0.25) is 0 Å². The molecule has 0 saturated heterocycles. The molecule has 4 nitrogen and oxygen atoms in total. The molecule has 1 aromatic heterocycles. The Bertz CT molecular complexity index is 968. The maximum atomic E-state index is 14.1. The number of aromatic nitrogens is 1. The van der Waals surface area contributed by atoms with Crippen molar-refractivity contribution in [2.75, 3.05) is 0 Å². The van der Waals surface area contributed by atoms with Crippen LogP contribution in [0.1, 0.15) is 29.6 Å². The van der Waals surface area contributed by atoms with Gasteiger partial charge in [-0.2, -0.15) is 0 Å². The van der Waals surface area contributed by atoms with E-state index in [2.05, 4.69) is 4.98 Å². The van der Waals surface area contributed by atoms with Gasteiger partial charge in [0.15, 0.2) is 0 Å². The van der Waals surface area contributed by atoms with Crippen molar-refractivity contribution < 1.29 is 27.5 Å². The minimum absolute atomic E-state index is 0.0932. The molecule has 26 heavy (non-hydrogen) atoms. The predicted octanol–water partition coefficient (Wildman–Crippen LogP) is 4.67. The summed E-state index contributed by atoms with van der Waals surface area (Å²) in [4.78, 5) is 15.3. The summed E-state index contributed by atoms with van der Waals surface area (Å²) in [7, 11) is 0. The van der Waals surface area contributed by atoms with Gasteiger partial charge in [0.25, 0.3) is 0 Å². The molecular formula is C19H14F3NO3. The predicted molar refractivity (Wildman–Crippen MR) is 87.1 cm³/mol. The molecule has 0 bridgehead atoms. The van der Waals surface area contributed by atoms with E-state index in [-0.39, 0.29) is 22.6 Å². The minimum atomic E-state index is -1.13. The highest BCUT2D eigenvalue weighted by Crippen LogP contribution is 2.33. The average Bonchev–Trinajstić information content (AvgIpc) is 3.00. The molecule has 7 heteroatoms. The lowest BCUT2D eigenvalue weighted by Crippen LogP contribution is -2.09. The second-order valence-corrected chi connectivity index (χ2v) is 5.86. The molecule has 0 saturated carbocycles. The number of aryl methyl sites for hydroxylation is 1. The first-order valence-electron chi connectivity index (χ1n) is 7.73. The third-order valence-electron chi connectivity index (χ3n) is 3.88. The molecule has 0 aliphatic carbocycles. The van der Waals surface area contributed by atoms with Gasteiger partial charge in [0.1, 0.15) is 23.2 Å². The molecule has 2 aromatic carbocycles. The fourth-order valence-electron chi connectivity index (χ4n) is 2.74. The molecule has 1 unspecified atom stereocenters. The zero-order valence-corrected chi connectivity index (χ0v) is 13.7. The fraction of sp³-hybridized carbons (Fsp3) is 0.158. The van der Waals surface area contributed by atoms with Crippen LogP contribution in [0.3, 0.4) is 0 Å². The molecule has 134 valence electrons. The van der Waals surface area contributed by atoms with E-state index in [1.807, 2.05) is 0 Å². The van der Waals surface area contributed by atoms with Crippen molar-refractivity contribution in [3.8, 4) is 11.1 Å². The van der Waals surface area contributed by atoms with Gasteiger partial charge in [-0.05, 0) is 48.4 Å². The fourth-order valence-corrected chi connectivity index (χ4v) is 2.74. The molecule has 0 aliphatic heterocycles. The Labute approximate surface area is 146 Å². The van der Waals surface area contributed by atoms with Crippen molar-refractivity contribution >= 4 is 5.97 Å². The van der Waals surface area contributed by atoms with Crippen LogP contribution in [0, 0.1) is 24.4 Å². The van der Waals surface area contributed by atoms with Crippen LogP contribution in [0.25, 0.3) is 11.1 Å². The molecule has 3 aromatic rings. The molecule has 1 atom stereocenters. The summed E-state index contributed by atoms with van der Waals surface area (Å²) in [5.41, 5.74) is 0.215. The van der Waals surface area contributed by atoms with Crippen molar-refractivity contribution in [2.45, 2.75) is 19.3 Å². The number of carboxylic acids is 1. The summed E-state index contributed by atoms with van der Waals surface area (Å²) in [6.45, 7) is 1.65. The number of carbonyl (C=O) groups is 1. The highest BCUT2D eigenvalue weighted by atomic mass is 19.1. The highest BCUT2D eigenvalue weighted by molar-refractivity contribution is 5.70. The number of oxazole rings is 1. The van der Waals surface area contributed by atoms with Crippen LogP contribution in [-0.2, 0) is 4.79 Å². The molecule has 1 N–H and O–H groups in total. The Morgan fingerprint density at radius 3 is 2.58 bits per heavy atom. The lowest BCUT2D eigenvalue weighted by Gasteiger charge is -2.14. The number of hydrogen-bond acceptors (Lipinski definition) is 3. The first kappa shape index (κ1) is 17.7. The van der Waals surface area contributed by atoms with Gasteiger partial charge in [0.2, 0.25) is 5.89 Å². The second kappa shape index (κ2) is 7.03. The van der Waals surface area contributed by atoms with E-state index in [4.69, 9.17) is 4.42 Å². The summed E-state index contributed by atoms with van der Waals surface area (Å²) >= 11 is 0. The van der Waals surface area contributed by atoms with E-state index < -0.39 is 35.8 Å². The molecule has 0 spiro atoms. The van der Waals surface area contributed by atoms with Crippen molar-refractivity contribution in [3.63, 3.8) is 0 Å². The van der Waals surface area contributed by atoms with Gasteiger partial charge in [-0.25, -0.2) is 18.2 Å². The molecule has 0 aliphatic rings. The Morgan fingerprint density at radius 2 is 1.92 bits per heavy atom. The normalized spacial score (nSPS) is 12.2.